The number of nitrogens with zero attached hydrogens (tertiary/aromatic N) is 2. The van der Waals surface area contributed by atoms with E-state index in [2.05, 4.69) is 10.3 Å². The lowest BCUT2D eigenvalue weighted by Crippen LogP contribution is -2.43. The zero-order valence-electron chi connectivity index (χ0n) is 13.8. The largest absolute Gasteiger partial charge is 0.325 e. The van der Waals surface area contributed by atoms with E-state index < -0.39 is 5.25 Å². The predicted molar refractivity (Wildman–Crippen MR) is 102 cm³/mol. The van der Waals surface area contributed by atoms with Crippen molar-refractivity contribution in [3.63, 3.8) is 0 Å². The number of hydrogen-bond acceptors (Lipinski definition) is 4. The Hall–Kier alpha value is -2.38. The summed E-state index contributed by atoms with van der Waals surface area (Å²) in [6.45, 7) is 0. The van der Waals surface area contributed by atoms with E-state index in [0.29, 0.717) is 21.6 Å². The molecule has 2 aromatic carbocycles. The van der Waals surface area contributed by atoms with Gasteiger partial charge in [-0.05, 0) is 42.5 Å². The Morgan fingerprint density at radius 3 is 2.73 bits per heavy atom. The number of thioether (sulfide) groups is 1. The molecule has 1 saturated heterocycles. The highest BCUT2D eigenvalue weighted by Gasteiger charge is 2.34. The first kappa shape index (κ1) is 18.4. The molecule has 0 bridgehead atoms. The van der Waals surface area contributed by atoms with Crippen LogP contribution in [0.3, 0.4) is 0 Å². The SMILES string of the molecule is CN1C(=O)C[C@@H](C(=O)Nc2cccc(Cl)c2)SC1=Nc1ccc(F)cc1. The summed E-state index contributed by atoms with van der Waals surface area (Å²) in [5.41, 5.74) is 1.07. The Morgan fingerprint density at radius 1 is 1.31 bits per heavy atom. The number of amidine groups is 1. The minimum atomic E-state index is -0.614. The van der Waals surface area contributed by atoms with Crippen molar-refractivity contribution in [3.05, 3.63) is 59.4 Å². The molecule has 3 rings (SSSR count). The Morgan fingerprint density at radius 2 is 2.04 bits per heavy atom. The third-order valence-corrected chi connectivity index (χ3v) is 5.18. The summed E-state index contributed by atoms with van der Waals surface area (Å²) >= 11 is 7.11. The van der Waals surface area contributed by atoms with Gasteiger partial charge in [0.15, 0.2) is 5.17 Å². The van der Waals surface area contributed by atoms with E-state index in [1.807, 2.05) is 0 Å². The van der Waals surface area contributed by atoms with E-state index in [1.54, 1.807) is 31.3 Å². The highest BCUT2D eigenvalue weighted by atomic mass is 35.5. The van der Waals surface area contributed by atoms with Crippen LogP contribution in [0.25, 0.3) is 0 Å². The predicted octanol–water partition coefficient (Wildman–Crippen LogP) is 4.07. The van der Waals surface area contributed by atoms with Gasteiger partial charge in [-0.2, -0.15) is 0 Å². The number of anilines is 1. The molecule has 134 valence electrons. The highest BCUT2D eigenvalue weighted by molar-refractivity contribution is 8.15. The maximum absolute atomic E-state index is 13.0. The van der Waals surface area contributed by atoms with E-state index in [0.717, 1.165) is 0 Å². The number of amides is 2. The Balaban J connectivity index is 1.77. The van der Waals surface area contributed by atoms with E-state index in [1.165, 1.54) is 40.9 Å². The molecule has 0 aliphatic carbocycles. The summed E-state index contributed by atoms with van der Waals surface area (Å²) in [5.74, 6) is -0.880. The molecule has 1 N–H and O–H groups in total. The monoisotopic (exact) mass is 391 g/mol. The van der Waals surface area contributed by atoms with Gasteiger partial charge in [0.25, 0.3) is 0 Å². The van der Waals surface area contributed by atoms with Gasteiger partial charge in [-0.25, -0.2) is 9.38 Å². The molecule has 8 heteroatoms. The third kappa shape index (κ3) is 4.42. The Bertz CT molecular complexity index is 873. The van der Waals surface area contributed by atoms with Crippen molar-refractivity contribution in [2.24, 2.45) is 4.99 Å². The average molecular weight is 392 g/mol. The summed E-state index contributed by atoms with van der Waals surface area (Å²) in [6, 6.07) is 12.4. The van der Waals surface area contributed by atoms with Crippen molar-refractivity contribution in [2.75, 3.05) is 12.4 Å². The van der Waals surface area contributed by atoms with Gasteiger partial charge in [-0.1, -0.05) is 29.4 Å². The van der Waals surface area contributed by atoms with Gasteiger partial charge in [0.2, 0.25) is 11.8 Å². The minimum Gasteiger partial charge on any atom is -0.325 e. The molecular weight excluding hydrogens is 377 g/mol. The molecule has 0 spiro atoms. The van der Waals surface area contributed by atoms with Crippen LogP contribution in [-0.2, 0) is 9.59 Å². The molecule has 0 aromatic heterocycles. The normalized spacial score (nSPS) is 18.9. The van der Waals surface area contributed by atoms with E-state index in [-0.39, 0.29) is 24.1 Å². The van der Waals surface area contributed by atoms with Crippen molar-refractivity contribution < 1.29 is 14.0 Å². The molecule has 1 heterocycles. The van der Waals surface area contributed by atoms with Crippen LogP contribution in [-0.4, -0.2) is 34.2 Å². The van der Waals surface area contributed by atoms with Crippen LogP contribution in [0.5, 0.6) is 0 Å². The summed E-state index contributed by atoms with van der Waals surface area (Å²) in [7, 11) is 1.60. The van der Waals surface area contributed by atoms with Gasteiger partial charge in [0, 0.05) is 24.2 Å². The first-order valence-electron chi connectivity index (χ1n) is 7.76. The topological polar surface area (TPSA) is 61.8 Å². The number of nitrogens with one attached hydrogen (secondary N) is 1. The molecule has 2 amide bonds. The number of rotatable bonds is 3. The molecule has 1 aliphatic heterocycles. The third-order valence-electron chi connectivity index (χ3n) is 3.70. The molecule has 0 radical (unpaired) electrons. The van der Waals surface area contributed by atoms with Crippen molar-refractivity contribution in [3.8, 4) is 0 Å². The van der Waals surface area contributed by atoms with Crippen molar-refractivity contribution in [1.29, 1.82) is 0 Å². The highest BCUT2D eigenvalue weighted by Crippen LogP contribution is 2.29. The molecule has 0 unspecified atom stereocenters. The van der Waals surface area contributed by atoms with Crippen molar-refractivity contribution in [1.82, 2.24) is 4.90 Å². The van der Waals surface area contributed by atoms with Crippen LogP contribution in [0.1, 0.15) is 6.42 Å². The number of aliphatic imine (C=N–C) groups is 1. The zero-order chi connectivity index (χ0) is 18.7. The molecule has 1 fully saturated rings. The van der Waals surface area contributed by atoms with Gasteiger partial charge in [0.1, 0.15) is 11.1 Å². The first-order chi connectivity index (χ1) is 12.4. The second-order valence-corrected chi connectivity index (χ2v) is 7.24. The number of carbonyl (C=O) groups excluding carboxylic acids is 2. The molecule has 2 aromatic rings. The summed E-state index contributed by atoms with van der Waals surface area (Å²) < 4.78 is 13.0. The number of carbonyl (C=O) groups is 2. The number of halogens is 2. The van der Waals surface area contributed by atoms with Crippen molar-refractivity contribution >= 4 is 51.7 Å². The summed E-state index contributed by atoms with van der Waals surface area (Å²) in [5, 5.41) is 3.04. The fourth-order valence-corrected chi connectivity index (χ4v) is 3.57. The minimum absolute atomic E-state index is 0.0655. The number of benzene rings is 2. The van der Waals surface area contributed by atoms with E-state index >= 15 is 0 Å². The lowest BCUT2D eigenvalue weighted by Gasteiger charge is -2.28. The van der Waals surface area contributed by atoms with Gasteiger partial charge >= 0.3 is 0 Å². The van der Waals surface area contributed by atoms with E-state index in [4.69, 9.17) is 11.6 Å². The fraction of sp³-hybridized carbons (Fsp3) is 0.167. The molecule has 26 heavy (non-hydrogen) atoms. The van der Waals surface area contributed by atoms with Crippen LogP contribution in [0.4, 0.5) is 15.8 Å². The molecule has 1 aliphatic rings. The fourth-order valence-electron chi connectivity index (χ4n) is 2.31. The lowest BCUT2D eigenvalue weighted by atomic mass is 10.2. The van der Waals surface area contributed by atoms with Crippen LogP contribution in [0.2, 0.25) is 5.02 Å². The zero-order valence-corrected chi connectivity index (χ0v) is 15.4. The van der Waals surface area contributed by atoms with Crippen LogP contribution >= 0.6 is 23.4 Å². The molecular formula is C18H15ClFN3O2S. The van der Waals surface area contributed by atoms with Gasteiger partial charge in [0.05, 0.1) is 5.69 Å². The number of hydrogen-bond donors (Lipinski definition) is 1. The van der Waals surface area contributed by atoms with Crippen molar-refractivity contribution in [2.45, 2.75) is 11.7 Å². The van der Waals surface area contributed by atoms with Gasteiger partial charge in [-0.15, -0.1) is 0 Å². The van der Waals surface area contributed by atoms with Gasteiger partial charge < -0.3 is 5.32 Å². The average Bonchev–Trinajstić information content (AvgIpc) is 2.60. The smallest absolute Gasteiger partial charge is 0.238 e. The lowest BCUT2D eigenvalue weighted by molar-refractivity contribution is -0.128. The maximum Gasteiger partial charge on any atom is 0.238 e. The Labute approximate surface area is 159 Å². The van der Waals surface area contributed by atoms with Crippen LogP contribution < -0.4 is 5.32 Å². The second-order valence-electron chi connectivity index (χ2n) is 5.63. The van der Waals surface area contributed by atoms with E-state index in [9.17, 15) is 14.0 Å². The summed E-state index contributed by atoms with van der Waals surface area (Å²) in [4.78, 5) is 30.5. The van der Waals surface area contributed by atoms with Crippen LogP contribution in [0.15, 0.2) is 53.5 Å². The second kappa shape index (κ2) is 7.88. The van der Waals surface area contributed by atoms with Crippen LogP contribution in [0, 0.1) is 5.82 Å². The summed E-state index contributed by atoms with van der Waals surface area (Å²) in [6.07, 6.45) is 0.0655. The molecule has 5 nitrogen and oxygen atoms in total. The Kier molecular flexibility index (Phi) is 5.58. The molecule has 1 atom stereocenters. The molecule has 0 saturated carbocycles. The maximum atomic E-state index is 13.0. The standard InChI is InChI=1S/C18H15ClFN3O2S/c1-23-16(24)10-15(17(25)21-14-4-2-3-11(19)9-14)26-18(23)22-13-7-5-12(20)6-8-13/h2-9,15H,10H2,1H3,(H,21,25)/t15-/m0/s1. The quantitative estimate of drug-likeness (QED) is 0.857. The van der Waals surface area contributed by atoms with Gasteiger partial charge in [-0.3, -0.25) is 14.5 Å². The first-order valence-corrected chi connectivity index (χ1v) is 9.02.